The van der Waals surface area contributed by atoms with Gasteiger partial charge in [0.1, 0.15) is 15.7 Å². The summed E-state index contributed by atoms with van der Waals surface area (Å²) in [7, 11) is -2.95. The van der Waals surface area contributed by atoms with Crippen molar-refractivity contribution in [2.45, 2.75) is 37.8 Å². The number of carbonyl (C=O) groups is 1. The number of anilines is 2. The number of sulfone groups is 1. The highest BCUT2D eigenvalue weighted by Gasteiger charge is 2.23. The van der Waals surface area contributed by atoms with Gasteiger partial charge in [0.15, 0.2) is 0 Å². The predicted octanol–water partition coefficient (Wildman–Crippen LogP) is 3.96. The summed E-state index contributed by atoms with van der Waals surface area (Å²) in [6, 6.07) is 18.4. The molecule has 3 N–H and O–H groups in total. The van der Waals surface area contributed by atoms with Crippen LogP contribution in [-0.4, -0.2) is 62.0 Å². The van der Waals surface area contributed by atoms with Crippen LogP contribution in [0, 0.1) is 0 Å². The molecule has 0 spiro atoms. The smallest absolute Gasteiger partial charge is 0.319 e. The zero-order valence-electron chi connectivity index (χ0n) is 20.5. The summed E-state index contributed by atoms with van der Waals surface area (Å²) >= 11 is 0. The van der Waals surface area contributed by atoms with Crippen LogP contribution < -0.4 is 16.0 Å². The van der Waals surface area contributed by atoms with Crippen molar-refractivity contribution in [3.63, 3.8) is 0 Å². The number of amides is 2. The highest BCUT2D eigenvalue weighted by Crippen LogP contribution is 2.33. The monoisotopic (exact) mass is 507 g/mol. The molecule has 0 saturated carbocycles. The largest absolute Gasteiger partial charge is 0.363 e. The molecule has 2 amide bonds. The molecule has 1 aliphatic heterocycles. The molecule has 1 unspecified atom stereocenters. The fourth-order valence-corrected chi connectivity index (χ4v) is 5.71. The van der Waals surface area contributed by atoms with Crippen LogP contribution in [0.5, 0.6) is 0 Å². The first-order chi connectivity index (χ1) is 17.3. The number of aromatic nitrogens is 1. The van der Waals surface area contributed by atoms with Gasteiger partial charge in [-0.1, -0.05) is 24.3 Å². The number of aryl methyl sites for hydroxylation is 1. The van der Waals surface area contributed by atoms with Gasteiger partial charge in [0.2, 0.25) is 0 Å². The number of pyridine rings is 1. The van der Waals surface area contributed by atoms with Crippen molar-refractivity contribution in [3.05, 3.63) is 65.7 Å². The number of likely N-dealkylation sites (tertiary alicyclic amines) is 1. The van der Waals surface area contributed by atoms with E-state index < -0.39 is 9.84 Å². The van der Waals surface area contributed by atoms with Gasteiger partial charge in [0.05, 0.1) is 17.3 Å². The van der Waals surface area contributed by atoms with Gasteiger partial charge < -0.3 is 20.9 Å². The molecule has 0 radical (unpaired) electrons. The predicted molar refractivity (Wildman–Crippen MR) is 144 cm³/mol. The lowest BCUT2D eigenvalue weighted by atomic mass is 10.1. The van der Waals surface area contributed by atoms with Crippen LogP contribution in [0.15, 0.2) is 54.6 Å². The minimum atomic E-state index is -2.95. The van der Waals surface area contributed by atoms with Gasteiger partial charge in [-0.3, -0.25) is 0 Å². The number of nitrogens with one attached hydrogen (secondary N) is 3. The lowest BCUT2D eigenvalue weighted by molar-refractivity contribution is 0.203. The number of hydrogen-bond acceptors (Lipinski definition) is 6. The molecule has 9 heteroatoms. The highest BCUT2D eigenvalue weighted by molar-refractivity contribution is 7.90. The third kappa shape index (κ3) is 6.14. The Hall–Kier alpha value is -3.17. The Kier molecular flexibility index (Phi) is 7.11. The number of benzene rings is 2. The zero-order chi connectivity index (χ0) is 25.1. The van der Waals surface area contributed by atoms with Crippen LogP contribution in [0.4, 0.5) is 16.3 Å². The summed E-state index contributed by atoms with van der Waals surface area (Å²) < 4.78 is 22.7. The number of piperidine rings is 1. The van der Waals surface area contributed by atoms with Crippen LogP contribution in [0.25, 0.3) is 10.9 Å². The van der Waals surface area contributed by atoms with Crippen molar-refractivity contribution < 1.29 is 13.2 Å². The number of hydrogen-bond donors (Lipinski definition) is 3. The second kappa shape index (κ2) is 10.4. The summed E-state index contributed by atoms with van der Waals surface area (Å²) in [5, 5.41) is 10.5. The lowest BCUT2D eigenvalue weighted by Crippen LogP contribution is -2.46. The maximum absolute atomic E-state index is 12.6. The van der Waals surface area contributed by atoms with E-state index in [0.29, 0.717) is 6.54 Å². The van der Waals surface area contributed by atoms with E-state index in [-0.39, 0.29) is 23.9 Å². The van der Waals surface area contributed by atoms with Crippen molar-refractivity contribution in [1.29, 1.82) is 0 Å². The van der Waals surface area contributed by atoms with Crippen LogP contribution in [0.2, 0.25) is 0 Å². The molecule has 8 nitrogen and oxygen atoms in total. The quantitative estimate of drug-likeness (QED) is 0.447. The van der Waals surface area contributed by atoms with Gasteiger partial charge in [-0.25, -0.2) is 18.2 Å². The Morgan fingerprint density at radius 3 is 2.67 bits per heavy atom. The molecule has 2 aromatic carbocycles. The summed E-state index contributed by atoms with van der Waals surface area (Å²) in [5.74, 6) is 1.03. The summed E-state index contributed by atoms with van der Waals surface area (Å²) in [6.07, 6.45) is 5.03. The van der Waals surface area contributed by atoms with E-state index in [2.05, 4.69) is 45.1 Å². The van der Waals surface area contributed by atoms with E-state index in [0.717, 1.165) is 61.2 Å². The maximum Gasteiger partial charge on any atom is 0.319 e. The first-order valence-corrected chi connectivity index (χ1v) is 14.6. The standard InChI is InChI=1S/C27H33N5O3S/c1-36(34,35)17-16-32-14-12-21(13-15-32)28-27(33)29-22-8-10-24-20(18-22)7-11-26(30-24)31-25-9-6-19-4-2-3-5-23(19)25/h2-5,7-8,10-11,18,21,25H,6,9,12-17H2,1H3,(H,30,31)(H2,28,29,33). The van der Waals surface area contributed by atoms with Gasteiger partial charge in [0.25, 0.3) is 0 Å². The Morgan fingerprint density at radius 2 is 1.86 bits per heavy atom. The molecule has 1 saturated heterocycles. The number of carbonyl (C=O) groups excluding carboxylic acids is 1. The molecule has 2 aliphatic rings. The number of fused-ring (bicyclic) bond motifs is 2. The fraction of sp³-hybridized carbons (Fsp3) is 0.407. The first kappa shape index (κ1) is 24.5. The van der Waals surface area contributed by atoms with Gasteiger partial charge in [0, 0.05) is 43.0 Å². The van der Waals surface area contributed by atoms with Gasteiger partial charge in [-0.05, 0) is 67.1 Å². The number of rotatable bonds is 7. The normalized spacial score (nSPS) is 18.6. The summed E-state index contributed by atoms with van der Waals surface area (Å²) in [4.78, 5) is 19.5. The molecular formula is C27H33N5O3S. The minimum absolute atomic E-state index is 0.0796. The van der Waals surface area contributed by atoms with Crippen molar-refractivity contribution in [3.8, 4) is 0 Å². The van der Waals surface area contributed by atoms with Gasteiger partial charge >= 0.3 is 6.03 Å². The molecule has 3 aromatic rings. The third-order valence-electron chi connectivity index (χ3n) is 7.10. The molecule has 36 heavy (non-hydrogen) atoms. The number of nitrogens with zero attached hydrogens (tertiary/aromatic N) is 2. The van der Waals surface area contributed by atoms with E-state index in [9.17, 15) is 13.2 Å². The van der Waals surface area contributed by atoms with Crippen LogP contribution in [0.3, 0.4) is 0 Å². The van der Waals surface area contributed by atoms with E-state index in [1.54, 1.807) is 0 Å². The van der Waals surface area contributed by atoms with Crippen molar-refractivity contribution in [1.82, 2.24) is 15.2 Å². The van der Waals surface area contributed by atoms with Crippen LogP contribution in [-0.2, 0) is 16.3 Å². The maximum atomic E-state index is 12.6. The second-order valence-corrected chi connectivity index (χ2v) is 12.1. The minimum Gasteiger partial charge on any atom is -0.363 e. The summed E-state index contributed by atoms with van der Waals surface area (Å²) in [6.45, 7) is 2.11. The molecular weight excluding hydrogens is 474 g/mol. The van der Waals surface area contributed by atoms with Gasteiger partial charge in [-0.2, -0.15) is 0 Å². The Labute approximate surface area is 212 Å². The Balaban J connectivity index is 1.14. The van der Waals surface area contributed by atoms with Crippen molar-refractivity contribution in [2.24, 2.45) is 0 Å². The molecule has 2 heterocycles. The number of urea groups is 1. The molecule has 1 aromatic heterocycles. The topological polar surface area (TPSA) is 103 Å². The molecule has 1 fully saturated rings. The average Bonchev–Trinajstić information content (AvgIpc) is 3.26. The Morgan fingerprint density at radius 1 is 1.06 bits per heavy atom. The van der Waals surface area contributed by atoms with E-state index in [1.165, 1.54) is 17.4 Å². The summed E-state index contributed by atoms with van der Waals surface area (Å²) in [5.41, 5.74) is 4.35. The van der Waals surface area contributed by atoms with E-state index >= 15 is 0 Å². The van der Waals surface area contributed by atoms with Crippen molar-refractivity contribution >= 4 is 38.3 Å². The Bertz CT molecular complexity index is 1350. The molecule has 190 valence electrons. The van der Waals surface area contributed by atoms with E-state index in [1.807, 2.05) is 30.3 Å². The fourth-order valence-electron chi connectivity index (χ4n) is 5.12. The SMILES string of the molecule is CS(=O)(=O)CCN1CCC(NC(=O)Nc2ccc3nc(NC4CCc5ccccc54)ccc3c2)CC1. The molecule has 5 rings (SSSR count). The van der Waals surface area contributed by atoms with Crippen LogP contribution in [0.1, 0.15) is 36.4 Å². The van der Waals surface area contributed by atoms with E-state index in [4.69, 9.17) is 4.98 Å². The van der Waals surface area contributed by atoms with Gasteiger partial charge in [-0.15, -0.1) is 0 Å². The second-order valence-electron chi connectivity index (χ2n) is 9.88. The lowest BCUT2D eigenvalue weighted by Gasteiger charge is -2.32. The molecule has 1 atom stereocenters. The van der Waals surface area contributed by atoms with Crippen LogP contribution >= 0.6 is 0 Å². The molecule has 1 aliphatic carbocycles. The van der Waals surface area contributed by atoms with Crippen molar-refractivity contribution in [2.75, 3.05) is 42.3 Å². The first-order valence-electron chi connectivity index (χ1n) is 12.6. The zero-order valence-corrected chi connectivity index (χ0v) is 21.4. The third-order valence-corrected chi connectivity index (χ3v) is 8.03. The highest BCUT2D eigenvalue weighted by atomic mass is 32.2. The molecule has 0 bridgehead atoms. The average molecular weight is 508 g/mol.